The van der Waals surface area contributed by atoms with Crippen molar-refractivity contribution in [2.45, 2.75) is 4.90 Å². The monoisotopic (exact) mass is 449 g/mol. The van der Waals surface area contributed by atoms with Crippen LogP contribution in [0.25, 0.3) is 0 Å². The third-order valence-corrected chi connectivity index (χ3v) is 6.19. The van der Waals surface area contributed by atoms with Crippen molar-refractivity contribution < 1.29 is 22.7 Å². The Labute approximate surface area is 171 Å². The molecule has 0 aliphatic carbocycles. The molecule has 0 radical (unpaired) electrons. The molecule has 0 unspecified atom stereocenters. The van der Waals surface area contributed by atoms with E-state index in [4.69, 9.17) is 39.5 Å². The van der Waals surface area contributed by atoms with Crippen molar-refractivity contribution in [3.63, 3.8) is 0 Å². The summed E-state index contributed by atoms with van der Waals surface area (Å²) in [6.45, 7) is -0.596. The highest BCUT2D eigenvalue weighted by molar-refractivity contribution is 7.89. The van der Waals surface area contributed by atoms with Crippen LogP contribution in [0.4, 0.5) is 0 Å². The van der Waals surface area contributed by atoms with E-state index in [1.54, 1.807) is 0 Å². The van der Waals surface area contributed by atoms with Gasteiger partial charge in [-0.1, -0.05) is 34.8 Å². The second-order valence-corrected chi connectivity index (χ2v) is 8.96. The van der Waals surface area contributed by atoms with Crippen LogP contribution in [0.1, 0.15) is 20.7 Å². The standard InChI is InChI=1S/C17H14Cl3NO5S/c1-21(2)27(24,25)11-4-6-14(19)13(8-11)17(23)26-9-16(22)12-5-3-10(18)7-15(12)20/h3-8H,9H2,1-2H3. The van der Waals surface area contributed by atoms with Gasteiger partial charge in [-0.15, -0.1) is 0 Å². The van der Waals surface area contributed by atoms with Gasteiger partial charge in [-0.3, -0.25) is 4.79 Å². The Morgan fingerprint density at radius 1 is 0.963 bits per heavy atom. The summed E-state index contributed by atoms with van der Waals surface area (Å²) in [4.78, 5) is 24.3. The summed E-state index contributed by atoms with van der Waals surface area (Å²) in [5, 5.41) is 0.481. The maximum atomic E-state index is 12.3. The molecule has 2 aromatic rings. The van der Waals surface area contributed by atoms with Gasteiger partial charge in [-0.25, -0.2) is 17.5 Å². The smallest absolute Gasteiger partial charge is 0.340 e. The first-order valence-electron chi connectivity index (χ1n) is 7.41. The van der Waals surface area contributed by atoms with Crippen LogP contribution in [0, 0.1) is 0 Å². The van der Waals surface area contributed by atoms with Gasteiger partial charge in [0.1, 0.15) is 0 Å². The Hall–Kier alpha value is -1.64. The molecule has 0 aliphatic heterocycles. The third kappa shape index (κ3) is 5.00. The van der Waals surface area contributed by atoms with E-state index in [0.717, 1.165) is 10.4 Å². The summed E-state index contributed by atoms with van der Waals surface area (Å²) in [5.41, 5.74) is -0.0292. The van der Waals surface area contributed by atoms with Gasteiger partial charge >= 0.3 is 5.97 Å². The highest BCUT2D eigenvalue weighted by Gasteiger charge is 2.22. The van der Waals surface area contributed by atoms with Crippen molar-refractivity contribution >= 4 is 56.6 Å². The Bertz CT molecular complexity index is 1010. The fourth-order valence-corrected chi connectivity index (χ4v) is 3.67. The summed E-state index contributed by atoms with van der Waals surface area (Å²) >= 11 is 17.7. The van der Waals surface area contributed by atoms with Crippen LogP contribution in [-0.4, -0.2) is 45.2 Å². The minimum atomic E-state index is -3.76. The zero-order chi connectivity index (χ0) is 20.4. The Morgan fingerprint density at radius 3 is 2.22 bits per heavy atom. The van der Waals surface area contributed by atoms with Crippen LogP contribution in [0.15, 0.2) is 41.3 Å². The molecule has 0 heterocycles. The van der Waals surface area contributed by atoms with Crippen LogP contribution in [0.5, 0.6) is 0 Å². The number of nitrogens with zero attached hydrogens (tertiary/aromatic N) is 1. The minimum absolute atomic E-state index is 0.00493. The lowest BCUT2D eigenvalue weighted by Gasteiger charge is -2.13. The van der Waals surface area contributed by atoms with E-state index in [1.165, 1.54) is 44.4 Å². The number of sulfonamides is 1. The molecule has 0 spiro atoms. The zero-order valence-corrected chi connectivity index (χ0v) is 17.3. The predicted molar refractivity (Wildman–Crippen MR) is 103 cm³/mol. The molecular formula is C17H14Cl3NO5S. The molecule has 0 amide bonds. The third-order valence-electron chi connectivity index (χ3n) is 3.50. The van der Waals surface area contributed by atoms with Crippen LogP contribution in [0.3, 0.4) is 0 Å². The Balaban J connectivity index is 2.20. The molecule has 2 aromatic carbocycles. The van der Waals surface area contributed by atoms with Crippen molar-refractivity contribution in [1.29, 1.82) is 0 Å². The lowest BCUT2D eigenvalue weighted by atomic mass is 10.1. The highest BCUT2D eigenvalue weighted by atomic mass is 35.5. The lowest BCUT2D eigenvalue weighted by molar-refractivity contribution is 0.0474. The second-order valence-electron chi connectivity index (χ2n) is 5.55. The summed E-state index contributed by atoms with van der Waals surface area (Å²) in [5.74, 6) is -1.48. The van der Waals surface area contributed by atoms with Crippen molar-refractivity contribution in [2.75, 3.05) is 20.7 Å². The lowest BCUT2D eigenvalue weighted by Crippen LogP contribution is -2.22. The molecule has 6 nitrogen and oxygen atoms in total. The fourth-order valence-electron chi connectivity index (χ4n) is 2.03. The van der Waals surface area contributed by atoms with Crippen LogP contribution < -0.4 is 0 Å². The maximum Gasteiger partial charge on any atom is 0.340 e. The first-order chi connectivity index (χ1) is 12.5. The van der Waals surface area contributed by atoms with Crippen molar-refractivity contribution in [3.05, 3.63) is 62.6 Å². The predicted octanol–water partition coefficient (Wildman–Crippen LogP) is 3.94. The molecule has 0 bridgehead atoms. The number of ether oxygens (including phenoxy) is 1. The van der Waals surface area contributed by atoms with Gasteiger partial charge in [-0.05, 0) is 36.4 Å². The molecule has 0 fully saturated rings. The molecule has 27 heavy (non-hydrogen) atoms. The van der Waals surface area contributed by atoms with Crippen molar-refractivity contribution in [3.8, 4) is 0 Å². The number of Topliss-reactive ketones (excluding diaryl/α,β-unsaturated/α-hetero) is 1. The van der Waals surface area contributed by atoms with E-state index in [2.05, 4.69) is 0 Å². The number of benzene rings is 2. The number of hydrogen-bond acceptors (Lipinski definition) is 5. The van der Waals surface area contributed by atoms with E-state index in [0.29, 0.717) is 5.02 Å². The minimum Gasteiger partial charge on any atom is -0.454 e. The zero-order valence-electron chi connectivity index (χ0n) is 14.2. The van der Waals surface area contributed by atoms with E-state index >= 15 is 0 Å². The number of carbonyl (C=O) groups is 2. The Morgan fingerprint density at radius 2 is 1.63 bits per heavy atom. The molecule has 0 N–H and O–H groups in total. The van der Waals surface area contributed by atoms with Crippen LogP contribution >= 0.6 is 34.8 Å². The number of rotatable bonds is 6. The number of hydrogen-bond donors (Lipinski definition) is 0. The Kier molecular flexibility index (Phi) is 6.88. The van der Waals surface area contributed by atoms with Crippen LogP contribution in [0.2, 0.25) is 15.1 Å². The molecular weight excluding hydrogens is 437 g/mol. The van der Waals surface area contributed by atoms with Gasteiger partial charge in [0.2, 0.25) is 15.8 Å². The van der Waals surface area contributed by atoms with Gasteiger partial charge in [0.15, 0.2) is 6.61 Å². The molecule has 0 atom stereocenters. The summed E-state index contributed by atoms with van der Waals surface area (Å²) in [6.07, 6.45) is 0. The first kappa shape index (κ1) is 21.7. The number of carbonyl (C=O) groups excluding carboxylic acids is 2. The number of esters is 1. The average Bonchev–Trinajstić information content (AvgIpc) is 2.59. The van der Waals surface area contributed by atoms with Gasteiger partial charge in [0.25, 0.3) is 0 Å². The maximum absolute atomic E-state index is 12.3. The molecule has 0 aliphatic rings. The summed E-state index contributed by atoms with van der Waals surface area (Å²) in [6, 6.07) is 7.93. The van der Waals surface area contributed by atoms with Crippen molar-refractivity contribution in [1.82, 2.24) is 4.31 Å². The summed E-state index contributed by atoms with van der Waals surface area (Å²) < 4.78 is 30.3. The summed E-state index contributed by atoms with van der Waals surface area (Å²) in [7, 11) is -1.05. The van der Waals surface area contributed by atoms with Gasteiger partial charge in [0.05, 0.1) is 20.5 Å². The van der Waals surface area contributed by atoms with E-state index in [1.807, 2.05) is 0 Å². The molecule has 0 saturated heterocycles. The van der Waals surface area contributed by atoms with Crippen molar-refractivity contribution in [2.24, 2.45) is 0 Å². The van der Waals surface area contributed by atoms with Gasteiger partial charge < -0.3 is 4.74 Å². The van der Waals surface area contributed by atoms with E-state index < -0.39 is 28.4 Å². The molecule has 2 rings (SSSR count). The molecule has 0 saturated carbocycles. The average molecular weight is 451 g/mol. The normalized spacial score (nSPS) is 11.5. The van der Waals surface area contributed by atoms with E-state index in [-0.39, 0.29) is 26.1 Å². The number of halogens is 3. The molecule has 0 aromatic heterocycles. The first-order valence-corrected chi connectivity index (χ1v) is 9.99. The van der Waals surface area contributed by atoms with Gasteiger partial charge in [-0.2, -0.15) is 0 Å². The molecule has 10 heteroatoms. The van der Waals surface area contributed by atoms with Crippen LogP contribution in [-0.2, 0) is 14.8 Å². The largest absolute Gasteiger partial charge is 0.454 e. The molecule has 144 valence electrons. The van der Waals surface area contributed by atoms with Gasteiger partial charge in [0, 0.05) is 24.7 Å². The highest BCUT2D eigenvalue weighted by Crippen LogP contribution is 2.24. The number of ketones is 1. The van der Waals surface area contributed by atoms with E-state index in [9.17, 15) is 18.0 Å². The fraction of sp³-hybridized carbons (Fsp3) is 0.176. The second kappa shape index (κ2) is 8.58. The topological polar surface area (TPSA) is 80.8 Å². The SMILES string of the molecule is CN(C)S(=O)(=O)c1ccc(Cl)c(C(=O)OCC(=O)c2ccc(Cl)cc2Cl)c1. The quantitative estimate of drug-likeness (QED) is 0.492.